The Morgan fingerprint density at radius 3 is 3.00 bits per heavy atom. The third-order valence-electron chi connectivity index (χ3n) is 2.92. The van der Waals surface area contributed by atoms with E-state index in [1.807, 2.05) is 23.7 Å². The Labute approximate surface area is 120 Å². The largest absolute Gasteiger partial charge is 0.307 e. The number of nitrogens with zero attached hydrogens (tertiary/aromatic N) is 2. The molecule has 3 rings (SSSR count). The number of benzene rings is 1. The summed E-state index contributed by atoms with van der Waals surface area (Å²) in [6.07, 6.45) is 4.09. The van der Waals surface area contributed by atoms with Crippen LogP contribution in [-0.2, 0) is 19.0 Å². The van der Waals surface area contributed by atoms with E-state index in [4.69, 9.17) is 11.6 Å². The molecule has 2 aromatic heterocycles. The number of imidazole rings is 1. The highest BCUT2D eigenvalue weighted by atomic mass is 35.5. The minimum absolute atomic E-state index is 0.561. The van der Waals surface area contributed by atoms with Crippen molar-refractivity contribution in [3.8, 4) is 0 Å². The van der Waals surface area contributed by atoms with Gasteiger partial charge in [-0.15, -0.1) is 22.9 Å². The molecular weight excluding hydrogens is 278 g/mol. The normalized spacial score (nSPS) is 11.2. The van der Waals surface area contributed by atoms with E-state index in [0.29, 0.717) is 5.88 Å². The fraction of sp³-hybridized carbons (Fsp3) is 0.214. The lowest BCUT2D eigenvalue weighted by Crippen LogP contribution is -2.13. The molecule has 0 atom stereocenters. The molecule has 0 saturated heterocycles. The summed E-state index contributed by atoms with van der Waals surface area (Å²) in [6, 6.07) is 8.32. The maximum atomic E-state index is 5.83. The number of hydrogen-bond donors (Lipinski definition) is 1. The lowest BCUT2D eigenvalue weighted by molar-refractivity contribution is 0.682. The molecule has 0 amide bonds. The molecule has 0 fully saturated rings. The number of rotatable bonds is 5. The molecule has 3 nitrogen and oxygen atoms in total. The average molecular weight is 292 g/mol. The minimum Gasteiger partial charge on any atom is -0.307 e. The van der Waals surface area contributed by atoms with Crippen molar-refractivity contribution in [2.24, 2.45) is 0 Å². The molecule has 0 bridgehead atoms. The number of hydrogen-bond acceptors (Lipinski definition) is 3. The average Bonchev–Trinajstić information content (AvgIpc) is 3.00. The predicted octanol–water partition coefficient (Wildman–Crippen LogP) is 3.42. The van der Waals surface area contributed by atoms with Crippen LogP contribution >= 0.6 is 22.9 Å². The summed E-state index contributed by atoms with van der Waals surface area (Å²) < 4.78 is 2.05. The van der Waals surface area contributed by atoms with Crippen molar-refractivity contribution >= 4 is 27.9 Å². The first-order valence-corrected chi connectivity index (χ1v) is 7.52. The second-order valence-electron chi connectivity index (χ2n) is 4.38. The van der Waals surface area contributed by atoms with Gasteiger partial charge in [-0.25, -0.2) is 4.98 Å². The van der Waals surface area contributed by atoms with Crippen molar-refractivity contribution in [1.29, 1.82) is 0 Å². The fourth-order valence-electron chi connectivity index (χ4n) is 2.02. The lowest BCUT2D eigenvalue weighted by Gasteiger charge is -2.04. The van der Waals surface area contributed by atoms with Gasteiger partial charge in [-0.05, 0) is 11.1 Å². The summed E-state index contributed by atoms with van der Waals surface area (Å²) >= 11 is 7.48. The van der Waals surface area contributed by atoms with Crippen molar-refractivity contribution in [2.45, 2.75) is 19.0 Å². The van der Waals surface area contributed by atoms with Crippen LogP contribution in [0.5, 0.6) is 0 Å². The Morgan fingerprint density at radius 1 is 1.26 bits per heavy atom. The maximum Gasteiger partial charge on any atom is 0.193 e. The quantitative estimate of drug-likeness (QED) is 0.730. The van der Waals surface area contributed by atoms with Crippen LogP contribution < -0.4 is 5.32 Å². The zero-order valence-electron chi connectivity index (χ0n) is 10.3. The predicted molar refractivity (Wildman–Crippen MR) is 79.6 cm³/mol. The highest BCUT2D eigenvalue weighted by Gasteiger charge is 2.02. The summed E-state index contributed by atoms with van der Waals surface area (Å²) in [5.74, 6) is 0.561. The van der Waals surface area contributed by atoms with Gasteiger partial charge in [0.15, 0.2) is 4.96 Å². The standard InChI is InChI=1S/C14H14ClN3S/c15-7-11-2-1-3-12(6-11)8-16-9-13-10-18-4-5-19-14(18)17-13/h1-6,10,16H,7-9H2. The second kappa shape index (κ2) is 5.74. The van der Waals surface area contributed by atoms with Gasteiger partial charge in [0.2, 0.25) is 0 Å². The first kappa shape index (κ1) is 12.7. The summed E-state index contributed by atoms with van der Waals surface area (Å²) in [7, 11) is 0. The zero-order chi connectivity index (χ0) is 13.1. The molecule has 2 heterocycles. The molecule has 1 aromatic carbocycles. The van der Waals surface area contributed by atoms with Gasteiger partial charge in [0.1, 0.15) is 0 Å². The highest BCUT2D eigenvalue weighted by Crippen LogP contribution is 2.11. The van der Waals surface area contributed by atoms with E-state index in [2.05, 4.69) is 33.0 Å². The molecule has 0 aliphatic rings. The number of aromatic nitrogens is 2. The molecule has 3 aromatic rings. The summed E-state index contributed by atoms with van der Waals surface area (Å²) in [5.41, 5.74) is 3.47. The first-order valence-electron chi connectivity index (χ1n) is 6.11. The Morgan fingerprint density at radius 2 is 2.16 bits per heavy atom. The van der Waals surface area contributed by atoms with Gasteiger partial charge in [0.05, 0.1) is 5.69 Å². The molecule has 1 N–H and O–H groups in total. The maximum absolute atomic E-state index is 5.83. The molecule has 19 heavy (non-hydrogen) atoms. The number of halogens is 1. The molecule has 0 radical (unpaired) electrons. The van der Waals surface area contributed by atoms with Gasteiger partial charge in [0, 0.05) is 36.7 Å². The van der Waals surface area contributed by atoms with Crippen molar-refractivity contribution in [2.75, 3.05) is 0 Å². The van der Waals surface area contributed by atoms with Crippen LogP contribution in [0, 0.1) is 0 Å². The number of fused-ring (bicyclic) bond motifs is 1. The van der Waals surface area contributed by atoms with Crippen LogP contribution in [0.3, 0.4) is 0 Å². The minimum atomic E-state index is 0.561. The third kappa shape index (κ3) is 2.97. The van der Waals surface area contributed by atoms with Crippen LogP contribution in [0.2, 0.25) is 0 Å². The van der Waals surface area contributed by atoms with E-state index in [1.165, 1.54) is 5.56 Å². The van der Waals surface area contributed by atoms with Gasteiger partial charge in [-0.3, -0.25) is 4.40 Å². The fourth-order valence-corrected chi connectivity index (χ4v) is 2.90. The number of nitrogens with one attached hydrogen (secondary N) is 1. The van der Waals surface area contributed by atoms with E-state index < -0.39 is 0 Å². The summed E-state index contributed by atoms with van der Waals surface area (Å²) in [4.78, 5) is 5.58. The third-order valence-corrected chi connectivity index (χ3v) is 4.00. The van der Waals surface area contributed by atoms with Crippen molar-refractivity contribution in [3.05, 3.63) is 58.9 Å². The van der Waals surface area contributed by atoms with E-state index in [1.54, 1.807) is 11.3 Å². The van der Waals surface area contributed by atoms with E-state index in [0.717, 1.165) is 29.3 Å². The summed E-state index contributed by atoms with van der Waals surface area (Å²) in [5, 5.41) is 5.44. The smallest absolute Gasteiger partial charge is 0.193 e. The SMILES string of the molecule is ClCc1cccc(CNCc2cn3ccsc3n2)c1. The molecule has 5 heteroatoms. The highest BCUT2D eigenvalue weighted by molar-refractivity contribution is 7.15. The number of alkyl halides is 1. The van der Waals surface area contributed by atoms with E-state index >= 15 is 0 Å². The van der Waals surface area contributed by atoms with Crippen LogP contribution in [0.25, 0.3) is 4.96 Å². The molecule has 0 unspecified atom stereocenters. The molecule has 98 valence electrons. The summed E-state index contributed by atoms with van der Waals surface area (Å²) in [6.45, 7) is 1.61. The van der Waals surface area contributed by atoms with E-state index in [9.17, 15) is 0 Å². The van der Waals surface area contributed by atoms with Crippen molar-refractivity contribution in [3.63, 3.8) is 0 Å². The van der Waals surface area contributed by atoms with Gasteiger partial charge in [-0.1, -0.05) is 24.3 Å². The van der Waals surface area contributed by atoms with Crippen LogP contribution in [0.1, 0.15) is 16.8 Å². The van der Waals surface area contributed by atoms with Gasteiger partial charge < -0.3 is 5.32 Å². The monoisotopic (exact) mass is 291 g/mol. The Balaban J connectivity index is 1.59. The zero-order valence-corrected chi connectivity index (χ0v) is 11.9. The van der Waals surface area contributed by atoms with Crippen LogP contribution in [0.15, 0.2) is 42.0 Å². The van der Waals surface area contributed by atoms with Gasteiger partial charge in [-0.2, -0.15) is 0 Å². The van der Waals surface area contributed by atoms with Gasteiger partial charge >= 0.3 is 0 Å². The topological polar surface area (TPSA) is 29.3 Å². The molecular formula is C14H14ClN3S. The molecule has 0 aliphatic heterocycles. The molecule has 0 saturated carbocycles. The molecule has 0 aliphatic carbocycles. The van der Waals surface area contributed by atoms with Crippen LogP contribution in [-0.4, -0.2) is 9.38 Å². The Hall–Kier alpha value is -1.36. The number of thiazole rings is 1. The second-order valence-corrected chi connectivity index (χ2v) is 5.52. The van der Waals surface area contributed by atoms with Crippen LogP contribution in [0.4, 0.5) is 0 Å². The van der Waals surface area contributed by atoms with E-state index in [-0.39, 0.29) is 0 Å². The first-order chi connectivity index (χ1) is 9.35. The lowest BCUT2D eigenvalue weighted by atomic mass is 10.1. The Kier molecular flexibility index (Phi) is 3.82. The van der Waals surface area contributed by atoms with Crippen molar-refractivity contribution < 1.29 is 0 Å². The molecule has 0 spiro atoms. The van der Waals surface area contributed by atoms with Gasteiger partial charge in [0.25, 0.3) is 0 Å². The van der Waals surface area contributed by atoms with Crippen molar-refractivity contribution in [1.82, 2.24) is 14.7 Å². The Bertz CT molecular complexity index is 645.